The van der Waals surface area contributed by atoms with Crippen molar-refractivity contribution in [1.29, 1.82) is 0 Å². The molecule has 0 radical (unpaired) electrons. The molecule has 0 spiro atoms. The summed E-state index contributed by atoms with van der Waals surface area (Å²) in [6.07, 6.45) is 5.58. The quantitative estimate of drug-likeness (QED) is 0.774. The molecular weight excluding hydrogens is 310 g/mol. The highest BCUT2D eigenvalue weighted by molar-refractivity contribution is 5.92. The number of carbonyl (C=O) groups excluding carboxylic acids is 1. The summed E-state index contributed by atoms with van der Waals surface area (Å²) in [6, 6.07) is 16.6. The lowest BCUT2D eigenvalue weighted by molar-refractivity contribution is -0.126. The number of amides is 1. The Morgan fingerprint density at radius 3 is 2.52 bits per heavy atom. The maximum Gasteiger partial charge on any atom is 0.246 e. The average Bonchev–Trinajstić information content (AvgIpc) is 2.67. The first-order valence-corrected chi connectivity index (χ1v) is 8.84. The maximum absolute atomic E-state index is 12.5. The fourth-order valence-corrected chi connectivity index (χ4v) is 3.41. The van der Waals surface area contributed by atoms with E-state index in [2.05, 4.69) is 24.3 Å². The van der Waals surface area contributed by atoms with Crippen molar-refractivity contribution < 1.29 is 9.53 Å². The molecule has 2 aromatic rings. The molecule has 2 aromatic carbocycles. The Morgan fingerprint density at radius 1 is 1.12 bits per heavy atom. The Kier molecular flexibility index (Phi) is 5.54. The van der Waals surface area contributed by atoms with E-state index in [9.17, 15) is 4.79 Å². The topological polar surface area (TPSA) is 29.5 Å². The molecule has 1 fully saturated rings. The van der Waals surface area contributed by atoms with Crippen molar-refractivity contribution in [1.82, 2.24) is 4.90 Å². The highest BCUT2D eigenvalue weighted by Crippen LogP contribution is 2.28. The molecule has 3 heteroatoms. The SMILES string of the molecule is COc1ccc(C)cc1/C=C/C(=O)N1CCC(c2ccccc2)CC1. The second-order valence-corrected chi connectivity index (χ2v) is 6.59. The third kappa shape index (κ3) is 4.30. The van der Waals surface area contributed by atoms with Gasteiger partial charge >= 0.3 is 0 Å². The van der Waals surface area contributed by atoms with Crippen LogP contribution in [0.2, 0.25) is 0 Å². The van der Waals surface area contributed by atoms with E-state index in [1.54, 1.807) is 13.2 Å². The molecule has 1 saturated heterocycles. The monoisotopic (exact) mass is 335 g/mol. The molecule has 0 N–H and O–H groups in total. The van der Waals surface area contributed by atoms with E-state index in [0.717, 1.165) is 42.8 Å². The second kappa shape index (κ2) is 8.02. The summed E-state index contributed by atoms with van der Waals surface area (Å²) in [4.78, 5) is 14.4. The molecule has 0 bridgehead atoms. The van der Waals surface area contributed by atoms with E-state index >= 15 is 0 Å². The first kappa shape index (κ1) is 17.3. The number of piperidine rings is 1. The zero-order valence-electron chi connectivity index (χ0n) is 14.9. The zero-order valence-corrected chi connectivity index (χ0v) is 14.9. The molecular formula is C22H25NO2. The van der Waals surface area contributed by atoms with Gasteiger partial charge in [-0.3, -0.25) is 4.79 Å². The van der Waals surface area contributed by atoms with Gasteiger partial charge in [-0.15, -0.1) is 0 Å². The Hall–Kier alpha value is -2.55. The Balaban J connectivity index is 1.61. The van der Waals surface area contributed by atoms with Crippen molar-refractivity contribution >= 4 is 12.0 Å². The Morgan fingerprint density at radius 2 is 1.84 bits per heavy atom. The van der Waals surface area contributed by atoms with Gasteiger partial charge in [-0.2, -0.15) is 0 Å². The molecule has 1 aliphatic heterocycles. The number of carbonyl (C=O) groups is 1. The van der Waals surface area contributed by atoms with Gasteiger partial charge in [-0.1, -0.05) is 42.0 Å². The molecule has 25 heavy (non-hydrogen) atoms. The van der Waals surface area contributed by atoms with Gasteiger partial charge in [0.25, 0.3) is 0 Å². The first-order valence-electron chi connectivity index (χ1n) is 8.84. The van der Waals surface area contributed by atoms with Crippen LogP contribution >= 0.6 is 0 Å². The van der Waals surface area contributed by atoms with Crippen molar-refractivity contribution in [2.45, 2.75) is 25.7 Å². The molecule has 0 aromatic heterocycles. The van der Waals surface area contributed by atoms with E-state index in [0.29, 0.717) is 5.92 Å². The fraction of sp³-hybridized carbons (Fsp3) is 0.318. The summed E-state index contributed by atoms with van der Waals surface area (Å²) in [6.45, 7) is 3.66. The van der Waals surface area contributed by atoms with Gasteiger partial charge < -0.3 is 9.64 Å². The van der Waals surface area contributed by atoms with Crippen molar-refractivity contribution in [3.63, 3.8) is 0 Å². The Bertz CT molecular complexity index is 744. The molecule has 3 rings (SSSR count). The summed E-state index contributed by atoms with van der Waals surface area (Å²) in [7, 11) is 1.65. The van der Waals surface area contributed by atoms with Crippen LogP contribution in [0.3, 0.4) is 0 Å². The lowest BCUT2D eigenvalue weighted by atomic mass is 9.89. The van der Waals surface area contributed by atoms with E-state index in [-0.39, 0.29) is 5.91 Å². The smallest absolute Gasteiger partial charge is 0.246 e. The third-order valence-corrected chi connectivity index (χ3v) is 4.87. The molecule has 0 atom stereocenters. The van der Waals surface area contributed by atoms with E-state index in [1.165, 1.54) is 5.56 Å². The highest BCUT2D eigenvalue weighted by Gasteiger charge is 2.22. The van der Waals surface area contributed by atoms with Crippen LogP contribution in [0.4, 0.5) is 0 Å². The van der Waals surface area contributed by atoms with Crippen LogP contribution in [0.1, 0.15) is 35.4 Å². The normalized spacial score (nSPS) is 15.5. The highest BCUT2D eigenvalue weighted by atomic mass is 16.5. The van der Waals surface area contributed by atoms with Gasteiger partial charge in [0, 0.05) is 24.7 Å². The minimum atomic E-state index is 0.0788. The van der Waals surface area contributed by atoms with Crippen molar-refractivity contribution in [3.8, 4) is 5.75 Å². The maximum atomic E-state index is 12.5. The predicted octanol–water partition coefficient (Wildman–Crippen LogP) is 4.42. The molecule has 0 saturated carbocycles. The lowest BCUT2D eigenvalue weighted by Gasteiger charge is -2.31. The molecule has 1 aliphatic rings. The van der Waals surface area contributed by atoms with Crippen LogP contribution in [0, 0.1) is 6.92 Å². The fourth-order valence-electron chi connectivity index (χ4n) is 3.41. The molecule has 3 nitrogen and oxygen atoms in total. The summed E-state index contributed by atoms with van der Waals surface area (Å²) >= 11 is 0. The summed E-state index contributed by atoms with van der Waals surface area (Å²) in [5.74, 6) is 1.43. The average molecular weight is 335 g/mol. The molecule has 1 heterocycles. The predicted molar refractivity (Wildman–Crippen MR) is 102 cm³/mol. The summed E-state index contributed by atoms with van der Waals surface area (Å²) in [5.41, 5.74) is 3.47. The number of benzene rings is 2. The number of nitrogens with zero attached hydrogens (tertiary/aromatic N) is 1. The number of likely N-dealkylation sites (tertiary alicyclic amines) is 1. The van der Waals surface area contributed by atoms with E-state index in [1.807, 2.05) is 42.2 Å². The minimum absolute atomic E-state index is 0.0788. The van der Waals surface area contributed by atoms with Gasteiger partial charge in [-0.05, 0) is 49.5 Å². The largest absolute Gasteiger partial charge is 0.496 e. The number of ether oxygens (including phenoxy) is 1. The van der Waals surface area contributed by atoms with Gasteiger partial charge in [0.15, 0.2) is 0 Å². The van der Waals surface area contributed by atoms with Crippen LogP contribution in [-0.4, -0.2) is 31.0 Å². The molecule has 1 amide bonds. The van der Waals surface area contributed by atoms with Crippen molar-refractivity contribution in [2.75, 3.05) is 20.2 Å². The zero-order chi connectivity index (χ0) is 17.6. The van der Waals surface area contributed by atoms with Gasteiger partial charge in [0.05, 0.1) is 7.11 Å². The van der Waals surface area contributed by atoms with Gasteiger partial charge in [0.1, 0.15) is 5.75 Å². The van der Waals surface area contributed by atoms with E-state index < -0.39 is 0 Å². The van der Waals surface area contributed by atoms with Crippen molar-refractivity contribution in [2.24, 2.45) is 0 Å². The molecule has 0 aliphatic carbocycles. The van der Waals surface area contributed by atoms with Crippen LogP contribution in [0.5, 0.6) is 5.75 Å². The summed E-state index contributed by atoms with van der Waals surface area (Å²) < 4.78 is 5.37. The number of rotatable bonds is 4. The van der Waals surface area contributed by atoms with Gasteiger partial charge in [0.2, 0.25) is 5.91 Å². The molecule has 0 unspecified atom stereocenters. The van der Waals surface area contributed by atoms with Gasteiger partial charge in [-0.25, -0.2) is 0 Å². The minimum Gasteiger partial charge on any atom is -0.496 e. The lowest BCUT2D eigenvalue weighted by Crippen LogP contribution is -2.36. The molecule has 130 valence electrons. The second-order valence-electron chi connectivity index (χ2n) is 6.59. The van der Waals surface area contributed by atoms with Crippen LogP contribution in [0.25, 0.3) is 6.08 Å². The number of hydrogen-bond acceptors (Lipinski definition) is 2. The number of methoxy groups -OCH3 is 1. The first-order chi connectivity index (χ1) is 12.2. The number of hydrogen-bond donors (Lipinski definition) is 0. The Labute approximate surface area is 149 Å². The van der Waals surface area contributed by atoms with Crippen molar-refractivity contribution in [3.05, 3.63) is 71.3 Å². The number of aryl methyl sites for hydroxylation is 1. The summed E-state index contributed by atoms with van der Waals surface area (Å²) in [5, 5.41) is 0. The standard InChI is InChI=1S/C22H25NO2/c1-17-8-10-21(25-2)20(16-17)9-11-22(24)23-14-12-19(13-15-23)18-6-4-3-5-7-18/h3-11,16,19H,12-15H2,1-2H3/b11-9+. The van der Waals surface area contributed by atoms with Crippen LogP contribution in [-0.2, 0) is 4.79 Å². The van der Waals surface area contributed by atoms with E-state index in [4.69, 9.17) is 4.74 Å². The third-order valence-electron chi connectivity index (χ3n) is 4.87. The van der Waals surface area contributed by atoms with Crippen LogP contribution < -0.4 is 4.74 Å². The van der Waals surface area contributed by atoms with Crippen LogP contribution in [0.15, 0.2) is 54.6 Å².